The third-order valence-corrected chi connectivity index (χ3v) is 3.19. The van der Waals surface area contributed by atoms with Crippen LogP contribution in [0.15, 0.2) is 10.7 Å². The van der Waals surface area contributed by atoms with Crippen LogP contribution in [0.2, 0.25) is 0 Å². The van der Waals surface area contributed by atoms with Gasteiger partial charge in [-0.15, -0.1) is 0 Å². The monoisotopic (exact) mass is 275 g/mol. The van der Waals surface area contributed by atoms with E-state index in [4.69, 9.17) is 10.5 Å². The zero-order valence-electron chi connectivity index (χ0n) is 9.40. The molecule has 1 aromatic rings. The van der Waals surface area contributed by atoms with Gasteiger partial charge in [-0.05, 0) is 35.7 Å². The SMILES string of the molecule is COC(C)CCC(N)c1c(Br)cnn1C. The molecule has 0 spiro atoms. The van der Waals surface area contributed by atoms with Crippen LogP contribution in [0.1, 0.15) is 31.5 Å². The van der Waals surface area contributed by atoms with Gasteiger partial charge >= 0.3 is 0 Å². The Morgan fingerprint density at radius 2 is 2.27 bits per heavy atom. The van der Waals surface area contributed by atoms with Crippen LogP contribution in [0.25, 0.3) is 0 Å². The van der Waals surface area contributed by atoms with Crippen LogP contribution in [-0.2, 0) is 11.8 Å². The smallest absolute Gasteiger partial charge is 0.0690 e. The molecule has 1 aromatic heterocycles. The summed E-state index contributed by atoms with van der Waals surface area (Å²) < 4.78 is 7.98. The van der Waals surface area contributed by atoms with E-state index in [0.717, 1.165) is 23.0 Å². The standard InChI is InChI=1S/C10H18BrN3O/c1-7(15-3)4-5-9(12)10-8(11)6-13-14(10)2/h6-7,9H,4-5,12H2,1-3H3. The van der Waals surface area contributed by atoms with E-state index in [9.17, 15) is 0 Å². The summed E-state index contributed by atoms with van der Waals surface area (Å²) in [5.41, 5.74) is 7.14. The molecule has 0 aliphatic rings. The normalized spacial score (nSPS) is 15.3. The van der Waals surface area contributed by atoms with Crippen LogP contribution in [-0.4, -0.2) is 23.0 Å². The van der Waals surface area contributed by atoms with Gasteiger partial charge in [-0.25, -0.2) is 0 Å². The number of methoxy groups -OCH3 is 1. The maximum Gasteiger partial charge on any atom is 0.0690 e. The number of hydrogen-bond donors (Lipinski definition) is 1. The largest absolute Gasteiger partial charge is 0.382 e. The number of nitrogens with two attached hydrogens (primary N) is 1. The lowest BCUT2D eigenvalue weighted by atomic mass is 10.1. The average Bonchev–Trinajstić information content (AvgIpc) is 2.54. The molecule has 4 nitrogen and oxygen atoms in total. The van der Waals surface area contributed by atoms with Crippen molar-refractivity contribution < 1.29 is 4.74 Å². The highest BCUT2D eigenvalue weighted by Crippen LogP contribution is 2.24. The third kappa shape index (κ3) is 3.29. The second-order valence-electron chi connectivity index (χ2n) is 3.73. The second-order valence-corrected chi connectivity index (χ2v) is 4.59. The van der Waals surface area contributed by atoms with Gasteiger partial charge in [0.25, 0.3) is 0 Å². The number of halogens is 1. The molecular formula is C10H18BrN3O. The van der Waals surface area contributed by atoms with Gasteiger partial charge < -0.3 is 10.5 Å². The molecule has 0 amide bonds. The predicted molar refractivity (Wildman–Crippen MR) is 63.5 cm³/mol. The number of aryl methyl sites for hydroxylation is 1. The lowest BCUT2D eigenvalue weighted by Gasteiger charge is -2.15. The van der Waals surface area contributed by atoms with Crippen LogP contribution in [0.5, 0.6) is 0 Å². The van der Waals surface area contributed by atoms with Crippen LogP contribution < -0.4 is 5.73 Å². The Balaban J connectivity index is 2.57. The highest BCUT2D eigenvalue weighted by atomic mass is 79.9. The highest BCUT2D eigenvalue weighted by Gasteiger charge is 2.15. The highest BCUT2D eigenvalue weighted by molar-refractivity contribution is 9.10. The van der Waals surface area contributed by atoms with Gasteiger partial charge in [-0.3, -0.25) is 4.68 Å². The van der Waals surface area contributed by atoms with Gasteiger partial charge in [-0.1, -0.05) is 0 Å². The number of rotatable bonds is 5. The van der Waals surface area contributed by atoms with Crippen molar-refractivity contribution in [2.75, 3.05) is 7.11 Å². The van der Waals surface area contributed by atoms with E-state index in [-0.39, 0.29) is 12.1 Å². The lowest BCUT2D eigenvalue weighted by Crippen LogP contribution is -2.17. The van der Waals surface area contributed by atoms with Crippen LogP contribution in [0, 0.1) is 0 Å². The first-order valence-electron chi connectivity index (χ1n) is 5.02. The fraction of sp³-hybridized carbons (Fsp3) is 0.700. The molecule has 2 unspecified atom stereocenters. The van der Waals surface area contributed by atoms with Gasteiger partial charge in [0.05, 0.1) is 22.5 Å². The number of aromatic nitrogens is 2. The molecule has 2 atom stereocenters. The van der Waals surface area contributed by atoms with E-state index in [1.165, 1.54) is 0 Å². The van der Waals surface area contributed by atoms with Gasteiger partial charge in [0.15, 0.2) is 0 Å². The van der Waals surface area contributed by atoms with Crippen LogP contribution in [0.3, 0.4) is 0 Å². The van der Waals surface area contributed by atoms with Crippen molar-refractivity contribution in [1.82, 2.24) is 9.78 Å². The summed E-state index contributed by atoms with van der Waals surface area (Å²) in [5.74, 6) is 0. The Morgan fingerprint density at radius 1 is 1.60 bits per heavy atom. The number of hydrogen-bond acceptors (Lipinski definition) is 3. The summed E-state index contributed by atoms with van der Waals surface area (Å²) in [5, 5.41) is 4.14. The van der Waals surface area contributed by atoms with Crippen molar-refractivity contribution in [2.24, 2.45) is 12.8 Å². The first-order valence-corrected chi connectivity index (χ1v) is 5.81. The summed E-state index contributed by atoms with van der Waals surface area (Å²) in [7, 11) is 3.62. The topological polar surface area (TPSA) is 53.1 Å². The minimum Gasteiger partial charge on any atom is -0.382 e. The van der Waals surface area contributed by atoms with E-state index >= 15 is 0 Å². The van der Waals surface area contributed by atoms with E-state index in [1.54, 1.807) is 13.3 Å². The summed E-state index contributed by atoms with van der Waals surface area (Å²) >= 11 is 3.45. The molecule has 0 fully saturated rings. The van der Waals surface area contributed by atoms with Crippen molar-refractivity contribution in [1.29, 1.82) is 0 Å². The molecule has 2 N–H and O–H groups in total. The molecule has 1 heterocycles. The molecule has 0 bridgehead atoms. The van der Waals surface area contributed by atoms with Crippen molar-refractivity contribution >= 4 is 15.9 Å². The Labute approximate surface area is 98.9 Å². The molecule has 86 valence electrons. The Kier molecular flexibility index (Phi) is 4.76. The zero-order valence-corrected chi connectivity index (χ0v) is 11.0. The molecule has 0 aliphatic heterocycles. The Bertz CT molecular complexity index is 294. The fourth-order valence-electron chi connectivity index (χ4n) is 1.51. The minimum absolute atomic E-state index is 0.00414. The molecule has 0 radical (unpaired) electrons. The fourth-order valence-corrected chi connectivity index (χ4v) is 2.15. The van der Waals surface area contributed by atoms with Gasteiger partial charge in [0, 0.05) is 20.2 Å². The summed E-state index contributed by atoms with van der Waals surface area (Å²) in [6.45, 7) is 2.05. The van der Waals surface area contributed by atoms with Crippen molar-refractivity contribution in [3.8, 4) is 0 Å². The van der Waals surface area contributed by atoms with E-state index in [1.807, 2.05) is 18.7 Å². The maximum atomic E-state index is 6.10. The second kappa shape index (κ2) is 5.63. The Morgan fingerprint density at radius 3 is 2.73 bits per heavy atom. The Hall–Kier alpha value is -0.390. The van der Waals surface area contributed by atoms with Crippen LogP contribution >= 0.6 is 15.9 Å². The minimum atomic E-state index is 0.00414. The van der Waals surface area contributed by atoms with E-state index in [0.29, 0.717) is 0 Å². The van der Waals surface area contributed by atoms with Crippen molar-refractivity contribution in [3.05, 3.63) is 16.4 Å². The van der Waals surface area contributed by atoms with Gasteiger partial charge in [0.2, 0.25) is 0 Å². The van der Waals surface area contributed by atoms with Crippen LogP contribution in [0.4, 0.5) is 0 Å². The van der Waals surface area contributed by atoms with E-state index in [2.05, 4.69) is 21.0 Å². The number of nitrogens with zero attached hydrogens (tertiary/aromatic N) is 2. The van der Waals surface area contributed by atoms with Crippen molar-refractivity contribution in [2.45, 2.75) is 31.9 Å². The van der Waals surface area contributed by atoms with Crippen molar-refractivity contribution in [3.63, 3.8) is 0 Å². The van der Waals surface area contributed by atoms with Gasteiger partial charge in [0.1, 0.15) is 0 Å². The molecule has 0 saturated heterocycles. The third-order valence-electron chi connectivity index (χ3n) is 2.58. The van der Waals surface area contributed by atoms with Gasteiger partial charge in [-0.2, -0.15) is 5.10 Å². The predicted octanol–water partition coefficient (Wildman–Crippen LogP) is 2.00. The molecule has 0 saturated carbocycles. The first-order chi connectivity index (χ1) is 7.06. The molecular weight excluding hydrogens is 258 g/mol. The molecule has 1 rings (SSSR count). The zero-order chi connectivity index (χ0) is 11.4. The molecule has 5 heteroatoms. The number of ether oxygens (including phenoxy) is 1. The summed E-state index contributed by atoms with van der Waals surface area (Å²) in [6.07, 6.45) is 3.88. The molecule has 15 heavy (non-hydrogen) atoms. The first kappa shape index (κ1) is 12.7. The molecule has 0 aliphatic carbocycles. The van der Waals surface area contributed by atoms with E-state index < -0.39 is 0 Å². The summed E-state index contributed by atoms with van der Waals surface area (Å²) in [4.78, 5) is 0. The maximum absolute atomic E-state index is 6.10. The summed E-state index contributed by atoms with van der Waals surface area (Å²) in [6, 6.07) is 0.00414. The average molecular weight is 276 g/mol. The quantitative estimate of drug-likeness (QED) is 0.894. The lowest BCUT2D eigenvalue weighted by molar-refractivity contribution is 0.107. The molecule has 0 aromatic carbocycles.